The molecule has 0 aliphatic carbocycles. The van der Waals surface area contributed by atoms with Crippen molar-refractivity contribution in [2.75, 3.05) is 17.7 Å². The number of aromatic nitrogens is 3. The molecule has 3 heterocycles. The number of amides is 1. The van der Waals surface area contributed by atoms with E-state index in [0.717, 1.165) is 4.88 Å². The molecule has 1 amide bonds. The van der Waals surface area contributed by atoms with Crippen LogP contribution in [0.15, 0.2) is 82.5 Å². The van der Waals surface area contributed by atoms with Crippen LogP contribution in [0, 0.1) is 5.82 Å². The minimum absolute atomic E-state index is 0.258. The number of nitrogens with one attached hydrogen (secondary N) is 2. The first kappa shape index (κ1) is 23.1. The zero-order valence-corrected chi connectivity index (χ0v) is 20.6. The fourth-order valence-electron chi connectivity index (χ4n) is 3.89. The van der Waals surface area contributed by atoms with Gasteiger partial charge >= 0.3 is 0 Å². The molecule has 0 saturated carbocycles. The Morgan fingerprint density at radius 1 is 1.20 bits per heavy atom. The van der Waals surface area contributed by atoms with Crippen molar-refractivity contribution in [1.82, 2.24) is 14.8 Å². The lowest BCUT2D eigenvalue weighted by atomic mass is 10.0. The van der Waals surface area contributed by atoms with Gasteiger partial charge in [0, 0.05) is 16.3 Å². The molecule has 2 aromatic heterocycles. The summed E-state index contributed by atoms with van der Waals surface area (Å²) in [4.78, 5) is 19.1. The fourth-order valence-corrected chi connectivity index (χ4v) is 5.53. The average Bonchev–Trinajstić information content (AvgIpc) is 3.53. The molecule has 1 aliphatic rings. The van der Waals surface area contributed by atoms with E-state index in [1.807, 2.05) is 36.6 Å². The highest BCUT2D eigenvalue weighted by molar-refractivity contribution is 7.98. The smallest absolute Gasteiger partial charge is 0.256 e. The van der Waals surface area contributed by atoms with Crippen molar-refractivity contribution in [3.05, 3.63) is 93.6 Å². The highest BCUT2D eigenvalue weighted by atomic mass is 32.2. The Hall–Kier alpha value is -3.63. The predicted octanol–water partition coefficient (Wildman–Crippen LogP) is 5.71. The Morgan fingerprint density at radius 2 is 2.00 bits per heavy atom. The van der Waals surface area contributed by atoms with Gasteiger partial charge in [0.15, 0.2) is 0 Å². The topological polar surface area (TPSA) is 81.1 Å². The first-order chi connectivity index (χ1) is 17.0. The van der Waals surface area contributed by atoms with Crippen LogP contribution in [-0.2, 0) is 10.5 Å². The maximum atomic E-state index is 14.1. The molecule has 0 fully saturated rings. The summed E-state index contributed by atoms with van der Waals surface area (Å²) in [7, 11) is 1.56. The Kier molecular flexibility index (Phi) is 6.56. The second-order valence-electron chi connectivity index (χ2n) is 7.78. The zero-order valence-electron chi connectivity index (χ0n) is 19.0. The molecular weight excluding hydrogens is 485 g/mol. The van der Waals surface area contributed by atoms with Crippen molar-refractivity contribution in [2.24, 2.45) is 0 Å². The summed E-state index contributed by atoms with van der Waals surface area (Å²) in [6.45, 7) is 1.85. The van der Waals surface area contributed by atoms with Gasteiger partial charge in [0.05, 0.1) is 18.4 Å². The summed E-state index contributed by atoms with van der Waals surface area (Å²) in [5.41, 5.74) is 2.37. The molecule has 0 spiro atoms. The van der Waals surface area contributed by atoms with Gasteiger partial charge in [0.1, 0.15) is 17.6 Å². The fraction of sp³-hybridized carbons (Fsp3) is 0.160. The Labute approximate surface area is 210 Å². The van der Waals surface area contributed by atoms with Crippen LogP contribution in [0.5, 0.6) is 5.75 Å². The molecule has 4 aromatic rings. The summed E-state index contributed by atoms with van der Waals surface area (Å²) >= 11 is 2.88. The standard InChI is InChI=1S/C25H22FN5O2S2/c1-15-21(23(32)28-18-10-5-6-11-19(18)33-2)22(20-12-7-13-34-20)31-24(27-15)29-25(30-31)35-14-16-8-3-4-9-17(16)26/h3-13,22H,14H2,1-2H3,(H,28,32)(H,27,29,30)/t22-/m1/s1. The van der Waals surface area contributed by atoms with E-state index in [-0.39, 0.29) is 11.7 Å². The lowest BCUT2D eigenvalue weighted by molar-refractivity contribution is -0.113. The van der Waals surface area contributed by atoms with E-state index in [2.05, 4.69) is 15.6 Å². The quantitative estimate of drug-likeness (QED) is 0.312. The molecule has 10 heteroatoms. The first-order valence-electron chi connectivity index (χ1n) is 10.8. The van der Waals surface area contributed by atoms with Crippen LogP contribution in [0.25, 0.3) is 0 Å². The van der Waals surface area contributed by atoms with Gasteiger partial charge in [-0.1, -0.05) is 48.2 Å². The number of methoxy groups -OCH3 is 1. The largest absolute Gasteiger partial charge is 0.495 e. The number of thioether (sulfide) groups is 1. The molecule has 0 unspecified atom stereocenters. The van der Waals surface area contributed by atoms with Crippen LogP contribution in [0.1, 0.15) is 23.4 Å². The van der Waals surface area contributed by atoms with Crippen molar-refractivity contribution >= 4 is 40.6 Å². The number of thiophene rings is 1. The number of halogens is 1. The van der Waals surface area contributed by atoms with E-state index >= 15 is 0 Å². The average molecular weight is 508 g/mol. The minimum atomic E-state index is -0.462. The van der Waals surface area contributed by atoms with Crippen molar-refractivity contribution in [3.63, 3.8) is 0 Å². The maximum absolute atomic E-state index is 14.1. The molecule has 35 heavy (non-hydrogen) atoms. The predicted molar refractivity (Wildman–Crippen MR) is 136 cm³/mol. The third-order valence-corrected chi connectivity index (χ3v) is 7.37. The van der Waals surface area contributed by atoms with Crippen LogP contribution >= 0.6 is 23.1 Å². The van der Waals surface area contributed by atoms with E-state index in [0.29, 0.717) is 45.1 Å². The Morgan fingerprint density at radius 3 is 2.77 bits per heavy atom. The van der Waals surface area contributed by atoms with Gasteiger partial charge in [-0.05, 0) is 42.1 Å². The number of ether oxygens (including phenoxy) is 1. The second kappa shape index (κ2) is 9.93. The third-order valence-electron chi connectivity index (χ3n) is 5.56. The van der Waals surface area contributed by atoms with Crippen molar-refractivity contribution < 1.29 is 13.9 Å². The normalized spacial score (nSPS) is 14.9. The number of anilines is 2. The molecule has 0 radical (unpaired) electrons. The van der Waals surface area contributed by atoms with Crippen molar-refractivity contribution in [1.29, 1.82) is 0 Å². The van der Waals surface area contributed by atoms with Gasteiger partial charge in [0.25, 0.3) is 5.91 Å². The van der Waals surface area contributed by atoms with Crippen molar-refractivity contribution in [2.45, 2.75) is 23.9 Å². The summed E-state index contributed by atoms with van der Waals surface area (Å²) < 4.78 is 21.2. The molecule has 0 saturated heterocycles. The lowest BCUT2D eigenvalue weighted by Gasteiger charge is -2.27. The Bertz CT molecular complexity index is 1400. The van der Waals surface area contributed by atoms with Crippen LogP contribution < -0.4 is 15.4 Å². The maximum Gasteiger partial charge on any atom is 0.256 e. The van der Waals surface area contributed by atoms with Gasteiger partial charge in [-0.3, -0.25) is 4.79 Å². The monoisotopic (exact) mass is 507 g/mol. The SMILES string of the molecule is COc1ccccc1NC(=O)C1=C(C)Nc2nc(SCc3ccccc3F)nn2[C@@H]1c1cccs1. The molecule has 7 nitrogen and oxygen atoms in total. The molecule has 178 valence electrons. The number of hydrogen-bond acceptors (Lipinski definition) is 7. The number of carbonyl (C=O) groups is 1. The molecular formula is C25H22FN5O2S2. The zero-order chi connectivity index (χ0) is 24.4. The number of hydrogen-bond donors (Lipinski definition) is 2. The number of nitrogens with zero attached hydrogens (tertiary/aromatic N) is 3. The summed E-state index contributed by atoms with van der Waals surface area (Å²) in [5.74, 6) is 0.980. The molecule has 0 bridgehead atoms. The number of carbonyl (C=O) groups excluding carboxylic acids is 1. The first-order valence-corrected chi connectivity index (χ1v) is 12.7. The van der Waals surface area contributed by atoms with E-state index in [9.17, 15) is 9.18 Å². The number of fused-ring (bicyclic) bond motifs is 1. The van der Waals surface area contributed by atoms with Crippen molar-refractivity contribution in [3.8, 4) is 5.75 Å². The van der Waals surface area contributed by atoms with Crippen LogP contribution in [0.3, 0.4) is 0 Å². The highest BCUT2D eigenvalue weighted by Gasteiger charge is 2.35. The van der Waals surface area contributed by atoms with E-state index in [1.54, 1.807) is 42.1 Å². The second-order valence-corrected chi connectivity index (χ2v) is 9.70. The minimum Gasteiger partial charge on any atom is -0.495 e. The van der Waals surface area contributed by atoms with Gasteiger partial charge < -0.3 is 15.4 Å². The number of allylic oxidation sites excluding steroid dienone is 1. The summed E-state index contributed by atoms with van der Waals surface area (Å²) in [6, 6.07) is 17.4. The molecule has 2 N–H and O–H groups in total. The number of rotatable bonds is 7. The number of para-hydroxylation sites is 2. The van der Waals surface area contributed by atoms with Crippen LogP contribution in [0.4, 0.5) is 16.0 Å². The van der Waals surface area contributed by atoms with Crippen LogP contribution in [-0.4, -0.2) is 27.8 Å². The lowest BCUT2D eigenvalue weighted by Crippen LogP contribution is -2.31. The number of benzene rings is 2. The van der Waals surface area contributed by atoms with Gasteiger partial charge in [-0.25, -0.2) is 9.07 Å². The van der Waals surface area contributed by atoms with Gasteiger partial charge in [-0.15, -0.1) is 16.4 Å². The Balaban J connectivity index is 1.46. The molecule has 1 atom stereocenters. The molecule has 2 aromatic carbocycles. The molecule has 1 aliphatic heterocycles. The van der Waals surface area contributed by atoms with Gasteiger partial charge in [0.2, 0.25) is 11.1 Å². The third kappa shape index (κ3) is 4.67. The van der Waals surface area contributed by atoms with E-state index in [1.165, 1.54) is 29.2 Å². The summed E-state index contributed by atoms with van der Waals surface area (Å²) in [5, 5.41) is 13.4. The molecule has 5 rings (SSSR count). The van der Waals surface area contributed by atoms with E-state index in [4.69, 9.17) is 9.84 Å². The highest BCUT2D eigenvalue weighted by Crippen LogP contribution is 2.39. The summed E-state index contributed by atoms with van der Waals surface area (Å²) in [6.07, 6.45) is 0. The van der Waals surface area contributed by atoms with E-state index < -0.39 is 6.04 Å². The van der Waals surface area contributed by atoms with Gasteiger partial charge in [-0.2, -0.15) is 4.98 Å². The van der Waals surface area contributed by atoms with Crippen LogP contribution in [0.2, 0.25) is 0 Å².